The second-order valence-corrected chi connectivity index (χ2v) is 5.78. The van der Waals surface area contributed by atoms with Crippen LogP contribution in [0.5, 0.6) is 0 Å². The van der Waals surface area contributed by atoms with Gasteiger partial charge in [0.2, 0.25) is 0 Å². The van der Waals surface area contributed by atoms with Crippen molar-refractivity contribution in [3.05, 3.63) is 35.4 Å². The number of benzene rings is 1. The fourth-order valence-corrected chi connectivity index (χ4v) is 3.14. The molecule has 1 aliphatic rings. The third-order valence-electron chi connectivity index (χ3n) is 4.11. The summed E-state index contributed by atoms with van der Waals surface area (Å²) >= 11 is 0. The molecule has 1 saturated carbocycles. The van der Waals surface area contributed by atoms with E-state index in [1.165, 1.54) is 24.6 Å². The molecular weight excluding hydrogens is 244 g/mol. The topological polar surface area (TPSA) is 12.0 Å². The first-order valence-corrected chi connectivity index (χ1v) is 7.30. The van der Waals surface area contributed by atoms with E-state index in [1.54, 1.807) is 0 Å². The molecular formula is C16H23F2N. The van der Waals surface area contributed by atoms with E-state index in [-0.39, 0.29) is 17.7 Å². The van der Waals surface area contributed by atoms with Gasteiger partial charge in [0, 0.05) is 11.6 Å². The zero-order valence-electron chi connectivity index (χ0n) is 11.8. The van der Waals surface area contributed by atoms with E-state index in [0.717, 1.165) is 25.8 Å². The van der Waals surface area contributed by atoms with Gasteiger partial charge in [0.15, 0.2) is 0 Å². The van der Waals surface area contributed by atoms with E-state index in [2.05, 4.69) is 19.2 Å². The number of hydrogen-bond acceptors (Lipinski definition) is 1. The van der Waals surface area contributed by atoms with Crippen LogP contribution in [-0.4, -0.2) is 6.54 Å². The van der Waals surface area contributed by atoms with Crippen LogP contribution in [0, 0.1) is 23.5 Å². The van der Waals surface area contributed by atoms with Gasteiger partial charge in [0.05, 0.1) is 0 Å². The van der Waals surface area contributed by atoms with Gasteiger partial charge in [0.1, 0.15) is 11.6 Å². The van der Waals surface area contributed by atoms with E-state index in [0.29, 0.717) is 17.4 Å². The summed E-state index contributed by atoms with van der Waals surface area (Å²) in [5.41, 5.74) is 0.493. The Hall–Kier alpha value is -0.960. The maximum Gasteiger partial charge on any atom is 0.128 e. The minimum atomic E-state index is -0.356. The number of nitrogens with one attached hydrogen (secondary N) is 1. The van der Waals surface area contributed by atoms with Gasteiger partial charge in [-0.05, 0) is 55.8 Å². The Morgan fingerprint density at radius 3 is 2.74 bits per heavy atom. The van der Waals surface area contributed by atoms with Crippen LogP contribution in [0.25, 0.3) is 0 Å². The molecule has 1 aromatic rings. The van der Waals surface area contributed by atoms with Crippen LogP contribution in [0.4, 0.5) is 8.78 Å². The molecule has 106 valence electrons. The van der Waals surface area contributed by atoms with Crippen LogP contribution in [0.1, 0.15) is 51.1 Å². The van der Waals surface area contributed by atoms with Crippen LogP contribution in [0.3, 0.4) is 0 Å². The molecule has 0 amide bonds. The second kappa shape index (κ2) is 6.47. The summed E-state index contributed by atoms with van der Waals surface area (Å²) < 4.78 is 27.4. The molecule has 0 heterocycles. The standard InChI is InChI=1S/C16H23F2N/c1-3-8-19-16(12-5-4-11(2)9-12)14-10-13(17)6-7-15(14)18/h6-7,10-12,16,19H,3-5,8-9H2,1-2H3. The molecule has 1 fully saturated rings. The van der Waals surface area contributed by atoms with Gasteiger partial charge < -0.3 is 5.32 Å². The zero-order valence-corrected chi connectivity index (χ0v) is 11.8. The summed E-state index contributed by atoms with van der Waals surface area (Å²) in [4.78, 5) is 0. The molecule has 3 atom stereocenters. The average Bonchev–Trinajstić information content (AvgIpc) is 2.80. The second-order valence-electron chi connectivity index (χ2n) is 5.78. The van der Waals surface area contributed by atoms with Crippen molar-refractivity contribution in [2.75, 3.05) is 6.54 Å². The fraction of sp³-hybridized carbons (Fsp3) is 0.625. The minimum absolute atomic E-state index is 0.0550. The van der Waals surface area contributed by atoms with Crippen molar-refractivity contribution in [1.29, 1.82) is 0 Å². The zero-order chi connectivity index (χ0) is 13.8. The molecule has 3 heteroatoms. The molecule has 0 aromatic heterocycles. The van der Waals surface area contributed by atoms with E-state index in [4.69, 9.17) is 0 Å². The van der Waals surface area contributed by atoms with E-state index < -0.39 is 0 Å². The predicted octanol–water partition coefficient (Wildman–Crippen LogP) is 4.44. The first-order valence-electron chi connectivity index (χ1n) is 7.30. The first kappa shape index (κ1) is 14.4. The lowest BCUT2D eigenvalue weighted by atomic mass is 9.90. The molecule has 0 aliphatic heterocycles. The number of halogens is 2. The summed E-state index contributed by atoms with van der Waals surface area (Å²) in [5, 5.41) is 3.41. The maximum atomic E-state index is 14.0. The Balaban J connectivity index is 2.23. The first-order chi connectivity index (χ1) is 9.11. The van der Waals surface area contributed by atoms with Gasteiger partial charge in [-0.2, -0.15) is 0 Å². The van der Waals surface area contributed by atoms with Crippen LogP contribution in [0.15, 0.2) is 18.2 Å². The smallest absolute Gasteiger partial charge is 0.128 e. The summed E-state index contributed by atoms with van der Waals surface area (Å²) in [6, 6.07) is 3.73. The van der Waals surface area contributed by atoms with E-state index in [1.807, 2.05) is 0 Å². The Morgan fingerprint density at radius 2 is 2.11 bits per heavy atom. The molecule has 0 radical (unpaired) electrons. The molecule has 0 spiro atoms. The molecule has 3 unspecified atom stereocenters. The van der Waals surface area contributed by atoms with Crippen molar-refractivity contribution in [1.82, 2.24) is 5.32 Å². The number of hydrogen-bond donors (Lipinski definition) is 1. The Morgan fingerprint density at radius 1 is 1.32 bits per heavy atom. The maximum absolute atomic E-state index is 14.0. The SMILES string of the molecule is CCCNC(c1cc(F)ccc1F)C1CCC(C)C1. The molecule has 1 nitrogen and oxygen atoms in total. The third kappa shape index (κ3) is 3.53. The average molecular weight is 267 g/mol. The van der Waals surface area contributed by atoms with Crippen molar-refractivity contribution in [2.24, 2.45) is 11.8 Å². The van der Waals surface area contributed by atoms with Crippen molar-refractivity contribution in [3.8, 4) is 0 Å². The summed E-state index contributed by atoms with van der Waals surface area (Å²) in [6.45, 7) is 5.16. The van der Waals surface area contributed by atoms with Gasteiger partial charge in [-0.25, -0.2) is 8.78 Å². The van der Waals surface area contributed by atoms with Crippen LogP contribution in [-0.2, 0) is 0 Å². The molecule has 1 aromatic carbocycles. The lowest BCUT2D eigenvalue weighted by Crippen LogP contribution is -2.29. The highest BCUT2D eigenvalue weighted by Crippen LogP contribution is 2.39. The van der Waals surface area contributed by atoms with Crippen LogP contribution in [0.2, 0.25) is 0 Å². The summed E-state index contributed by atoms with van der Waals surface area (Å²) in [7, 11) is 0. The van der Waals surface area contributed by atoms with E-state index >= 15 is 0 Å². The van der Waals surface area contributed by atoms with E-state index in [9.17, 15) is 8.78 Å². The highest BCUT2D eigenvalue weighted by molar-refractivity contribution is 5.23. The van der Waals surface area contributed by atoms with Crippen molar-refractivity contribution >= 4 is 0 Å². The summed E-state index contributed by atoms with van der Waals surface area (Å²) in [6.07, 6.45) is 4.37. The van der Waals surface area contributed by atoms with Crippen molar-refractivity contribution in [3.63, 3.8) is 0 Å². The fourth-order valence-electron chi connectivity index (χ4n) is 3.14. The predicted molar refractivity (Wildman–Crippen MR) is 73.9 cm³/mol. The van der Waals surface area contributed by atoms with Crippen molar-refractivity contribution < 1.29 is 8.78 Å². The third-order valence-corrected chi connectivity index (χ3v) is 4.11. The normalized spacial score (nSPS) is 24.6. The molecule has 0 saturated heterocycles. The van der Waals surface area contributed by atoms with Gasteiger partial charge in [-0.1, -0.05) is 20.3 Å². The molecule has 2 rings (SSSR count). The largest absolute Gasteiger partial charge is 0.310 e. The molecule has 0 bridgehead atoms. The van der Waals surface area contributed by atoms with Gasteiger partial charge >= 0.3 is 0 Å². The van der Waals surface area contributed by atoms with Crippen LogP contribution < -0.4 is 5.32 Å². The van der Waals surface area contributed by atoms with Gasteiger partial charge in [0.25, 0.3) is 0 Å². The Kier molecular flexibility index (Phi) is 4.92. The molecule has 1 aliphatic carbocycles. The monoisotopic (exact) mass is 267 g/mol. The summed E-state index contributed by atoms with van der Waals surface area (Å²) in [5.74, 6) is 0.450. The van der Waals surface area contributed by atoms with Gasteiger partial charge in [-0.3, -0.25) is 0 Å². The quantitative estimate of drug-likeness (QED) is 0.831. The minimum Gasteiger partial charge on any atom is -0.310 e. The molecule has 19 heavy (non-hydrogen) atoms. The lowest BCUT2D eigenvalue weighted by Gasteiger charge is -2.26. The lowest BCUT2D eigenvalue weighted by molar-refractivity contribution is 0.348. The molecule has 1 N–H and O–H groups in total. The van der Waals surface area contributed by atoms with Crippen LogP contribution >= 0.6 is 0 Å². The van der Waals surface area contributed by atoms with Crippen molar-refractivity contribution in [2.45, 2.75) is 45.6 Å². The highest BCUT2D eigenvalue weighted by atomic mass is 19.1. The number of rotatable bonds is 5. The Bertz CT molecular complexity index is 419. The van der Waals surface area contributed by atoms with Gasteiger partial charge in [-0.15, -0.1) is 0 Å². The highest BCUT2D eigenvalue weighted by Gasteiger charge is 2.31. The Labute approximate surface area is 114 Å².